The van der Waals surface area contributed by atoms with Gasteiger partial charge in [-0.05, 0) is 43.5 Å². The zero-order valence-corrected chi connectivity index (χ0v) is 12.6. The summed E-state index contributed by atoms with van der Waals surface area (Å²) in [4.78, 5) is 26.2. The molecule has 1 aliphatic rings. The van der Waals surface area contributed by atoms with Crippen LogP contribution in [0.1, 0.15) is 24.0 Å². The molecular formula is C16H21N2O3-. The molecule has 0 radical (unpaired) electrons. The van der Waals surface area contributed by atoms with Crippen molar-refractivity contribution in [2.24, 2.45) is 0 Å². The van der Waals surface area contributed by atoms with Crippen LogP contribution in [0.15, 0.2) is 18.2 Å². The maximum absolute atomic E-state index is 11.9. The maximum Gasteiger partial charge on any atom is 0.223 e. The fraction of sp³-hybridized carbons (Fsp3) is 0.500. The molecule has 2 rings (SSSR count). The van der Waals surface area contributed by atoms with Crippen LogP contribution in [0.2, 0.25) is 0 Å². The number of benzene rings is 1. The van der Waals surface area contributed by atoms with Crippen molar-refractivity contribution in [1.82, 2.24) is 4.90 Å². The summed E-state index contributed by atoms with van der Waals surface area (Å²) in [5.41, 5.74) is 3.72. The predicted octanol–water partition coefficient (Wildman–Crippen LogP) is 0.482. The molecule has 1 aromatic rings. The molecule has 1 fully saturated rings. The number of aliphatic carboxylic acids is 1. The number of rotatable bonds is 4. The molecule has 1 heterocycles. The van der Waals surface area contributed by atoms with Crippen molar-refractivity contribution in [3.8, 4) is 0 Å². The first-order valence-corrected chi connectivity index (χ1v) is 7.27. The molecule has 1 amide bonds. The van der Waals surface area contributed by atoms with Gasteiger partial charge in [0.15, 0.2) is 0 Å². The Morgan fingerprint density at radius 3 is 2.29 bits per heavy atom. The van der Waals surface area contributed by atoms with Gasteiger partial charge in [-0.25, -0.2) is 0 Å². The number of aryl methyl sites for hydroxylation is 2. The van der Waals surface area contributed by atoms with Crippen molar-refractivity contribution in [1.29, 1.82) is 0 Å². The van der Waals surface area contributed by atoms with Crippen LogP contribution >= 0.6 is 0 Å². The van der Waals surface area contributed by atoms with Gasteiger partial charge in [0.05, 0.1) is 0 Å². The summed E-state index contributed by atoms with van der Waals surface area (Å²) in [5.74, 6) is -1.27. The molecule has 0 bridgehead atoms. The molecule has 1 aliphatic heterocycles. The van der Waals surface area contributed by atoms with Gasteiger partial charge in [0.25, 0.3) is 0 Å². The van der Waals surface area contributed by atoms with Crippen molar-refractivity contribution in [2.75, 3.05) is 31.1 Å². The number of hydrogen-bond donors (Lipinski definition) is 0. The summed E-state index contributed by atoms with van der Waals surface area (Å²) >= 11 is 0. The predicted molar refractivity (Wildman–Crippen MR) is 79.0 cm³/mol. The Kier molecular flexibility index (Phi) is 4.83. The van der Waals surface area contributed by atoms with E-state index in [1.54, 1.807) is 4.90 Å². The summed E-state index contributed by atoms with van der Waals surface area (Å²) in [6.07, 6.45) is -0.165. The second kappa shape index (κ2) is 6.61. The Balaban J connectivity index is 1.89. The molecular weight excluding hydrogens is 268 g/mol. The molecule has 0 atom stereocenters. The van der Waals surface area contributed by atoms with Crippen LogP contribution in [0, 0.1) is 13.8 Å². The van der Waals surface area contributed by atoms with Gasteiger partial charge >= 0.3 is 0 Å². The summed E-state index contributed by atoms with van der Waals surface area (Å²) < 4.78 is 0. The lowest BCUT2D eigenvalue weighted by Gasteiger charge is -2.36. The summed E-state index contributed by atoms with van der Waals surface area (Å²) in [6, 6.07) is 6.39. The lowest BCUT2D eigenvalue weighted by molar-refractivity contribution is -0.305. The van der Waals surface area contributed by atoms with Crippen molar-refractivity contribution in [2.45, 2.75) is 26.7 Å². The van der Waals surface area contributed by atoms with Crippen LogP contribution < -0.4 is 10.0 Å². The number of nitrogens with zero attached hydrogens (tertiary/aromatic N) is 2. The fourth-order valence-electron chi connectivity index (χ4n) is 2.50. The van der Waals surface area contributed by atoms with Gasteiger partial charge in [-0.1, -0.05) is 6.07 Å². The molecule has 21 heavy (non-hydrogen) atoms. The smallest absolute Gasteiger partial charge is 0.223 e. The lowest BCUT2D eigenvalue weighted by atomic mass is 10.1. The Morgan fingerprint density at radius 2 is 1.71 bits per heavy atom. The standard InChI is InChI=1S/C16H22N2O3/c1-12-3-4-14(11-13(12)2)17-7-9-18(10-8-17)15(19)5-6-16(20)21/h3-4,11H,5-10H2,1-2H3,(H,20,21)/p-1. The zero-order chi connectivity index (χ0) is 15.4. The minimum Gasteiger partial charge on any atom is -0.550 e. The number of piperazine rings is 1. The number of carboxylic acid groups (broad SMARTS) is 1. The molecule has 5 nitrogen and oxygen atoms in total. The SMILES string of the molecule is Cc1ccc(N2CCN(C(=O)CCC(=O)[O-])CC2)cc1C. The highest BCUT2D eigenvalue weighted by molar-refractivity contribution is 5.80. The molecule has 0 aliphatic carbocycles. The highest BCUT2D eigenvalue weighted by atomic mass is 16.4. The minimum atomic E-state index is -1.17. The van der Waals surface area contributed by atoms with Gasteiger partial charge in [0.1, 0.15) is 0 Å². The Bertz CT molecular complexity index is 534. The van der Waals surface area contributed by atoms with Crippen LogP contribution in [0.5, 0.6) is 0 Å². The monoisotopic (exact) mass is 289 g/mol. The number of carbonyl (C=O) groups excluding carboxylic acids is 2. The van der Waals surface area contributed by atoms with E-state index >= 15 is 0 Å². The van der Waals surface area contributed by atoms with Crippen molar-refractivity contribution >= 4 is 17.6 Å². The normalized spacial score (nSPS) is 15.1. The van der Waals surface area contributed by atoms with E-state index in [1.165, 1.54) is 16.8 Å². The topological polar surface area (TPSA) is 63.7 Å². The van der Waals surface area contributed by atoms with E-state index in [-0.39, 0.29) is 18.7 Å². The molecule has 0 unspecified atom stereocenters. The van der Waals surface area contributed by atoms with Gasteiger partial charge < -0.3 is 19.7 Å². The summed E-state index contributed by atoms with van der Waals surface area (Å²) in [7, 11) is 0. The van der Waals surface area contributed by atoms with E-state index in [9.17, 15) is 14.7 Å². The van der Waals surface area contributed by atoms with E-state index in [0.29, 0.717) is 13.1 Å². The van der Waals surface area contributed by atoms with Crippen molar-refractivity contribution < 1.29 is 14.7 Å². The second-order valence-corrected chi connectivity index (χ2v) is 5.51. The first-order valence-electron chi connectivity index (χ1n) is 7.27. The fourth-order valence-corrected chi connectivity index (χ4v) is 2.50. The molecule has 1 aromatic carbocycles. The number of hydrogen-bond acceptors (Lipinski definition) is 4. The number of carbonyl (C=O) groups is 2. The quantitative estimate of drug-likeness (QED) is 0.809. The molecule has 0 N–H and O–H groups in total. The molecule has 0 saturated carbocycles. The number of anilines is 1. The highest BCUT2D eigenvalue weighted by Gasteiger charge is 2.21. The first kappa shape index (κ1) is 15.4. The van der Waals surface area contributed by atoms with Crippen molar-refractivity contribution in [3.05, 3.63) is 29.3 Å². The number of carboxylic acids is 1. The summed E-state index contributed by atoms with van der Waals surface area (Å²) in [6.45, 7) is 7.02. The Labute approximate surface area is 125 Å². The van der Waals surface area contributed by atoms with Gasteiger partial charge in [-0.15, -0.1) is 0 Å². The molecule has 5 heteroatoms. The van der Waals surface area contributed by atoms with Crippen LogP contribution in [0.3, 0.4) is 0 Å². The number of amides is 1. The lowest BCUT2D eigenvalue weighted by Crippen LogP contribution is -2.49. The third-order valence-electron chi connectivity index (χ3n) is 4.03. The van der Waals surface area contributed by atoms with E-state index < -0.39 is 5.97 Å². The Hall–Kier alpha value is -2.04. The molecule has 0 spiro atoms. The van der Waals surface area contributed by atoms with Crippen molar-refractivity contribution in [3.63, 3.8) is 0 Å². The van der Waals surface area contributed by atoms with E-state index in [0.717, 1.165) is 13.1 Å². The highest BCUT2D eigenvalue weighted by Crippen LogP contribution is 2.20. The third kappa shape index (κ3) is 3.97. The van der Waals surface area contributed by atoms with Gasteiger partial charge in [0.2, 0.25) is 5.91 Å². The van der Waals surface area contributed by atoms with Crippen LogP contribution in [-0.2, 0) is 9.59 Å². The minimum absolute atomic E-state index is 0.0337. The van der Waals surface area contributed by atoms with Crippen LogP contribution in [0.25, 0.3) is 0 Å². The van der Waals surface area contributed by atoms with Crippen LogP contribution in [-0.4, -0.2) is 43.0 Å². The molecule has 0 aromatic heterocycles. The first-order chi connectivity index (χ1) is 9.97. The van der Waals surface area contributed by atoms with Gasteiger partial charge in [-0.3, -0.25) is 4.79 Å². The second-order valence-electron chi connectivity index (χ2n) is 5.51. The van der Waals surface area contributed by atoms with Gasteiger partial charge in [0, 0.05) is 44.3 Å². The zero-order valence-electron chi connectivity index (χ0n) is 12.6. The third-order valence-corrected chi connectivity index (χ3v) is 4.03. The van der Waals surface area contributed by atoms with E-state index in [1.807, 2.05) is 0 Å². The van der Waals surface area contributed by atoms with E-state index in [2.05, 4.69) is 36.9 Å². The van der Waals surface area contributed by atoms with Crippen LogP contribution in [0.4, 0.5) is 5.69 Å². The molecule has 114 valence electrons. The average molecular weight is 289 g/mol. The Morgan fingerprint density at radius 1 is 1.05 bits per heavy atom. The van der Waals surface area contributed by atoms with E-state index in [4.69, 9.17) is 0 Å². The largest absolute Gasteiger partial charge is 0.550 e. The molecule has 1 saturated heterocycles. The summed E-state index contributed by atoms with van der Waals surface area (Å²) in [5, 5.41) is 10.4. The maximum atomic E-state index is 11.9. The van der Waals surface area contributed by atoms with Gasteiger partial charge in [-0.2, -0.15) is 0 Å². The average Bonchev–Trinajstić information content (AvgIpc) is 2.48.